The number of urea groups is 1. The van der Waals surface area contributed by atoms with Gasteiger partial charge in [0.05, 0.1) is 17.7 Å². The SMILES string of the molecule is COc1ccc(N2C(=O)NC3(CCCCC3)/C2=N\S(=O)(=O)c2ccc(C)cc2)cc1. The van der Waals surface area contributed by atoms with Crippen molar-refractivity contribution in [2.75, 3.05) is 12.0 Å². The normalized spacial score (nSPS) is 19.9. The second-order valence-corrected chi connectivity index (χ2v) is 9.41. The van der Waals surface area contributed by atoms with E-state index in [2.05, 4.69) is 9.71 Å². The summed E-state index contributed by atoms with van der Waals surface area (Å²) in [4.78, 5) is 14.5. The molecule has 1 heterocycles. The first-order valence-electron chi connectivity index (χ1n) is 10.0. The Balaban J connectivity index is 1.83. The standard InChI is InChI=1S/C22H25N3O4S/c1-16-6-12-19(13-7-16)30(27,28)24-20-22(14-4-3-5-15-22)23-21(26)25(20)17-8-10-18(29-2)11-9-17/h6-13H,3-5,14-15H2,1-2H3,(H,23,26)/b24-20+. The minimum absolute atomic E-state index is 0.112. The summed E-state index contributed by atoms with van der Waals surface area (Å²) in [6.07, 6.45) is 4.18. The molecule has 4 rings (SSSR count). The Morgan fingerprint density at radius 3 is 2.23 bits per heavy atom. The first-order chi connectivity index (χ1) is 14.3. The number of rotatable bonds is 4. The largest absolute Gasteiger partial charge is 0.497 e. The molecule has 1 N–H and O–H groups in total. The fraction of sp³-hybridized carbons (Fsp3) is 0.364. The maximum absolute atomic E-state index is 13.1. The van der Waals surface area contributed by atoms with Crippen LogP contribution in [-0.4, -0.2) is 32.9 Å². The number of ether oxygens (including phenoxy) is 1. The van der Waals surface area contributed by atoms with Crippen LogP contribution in [-0.2, 0) is 10.0 Å². The van der Waals surface area contributed by atoms with Gasteiger partial charge in [-0.25, -0.2) is 9.69 Å². The number of methoxy groups -OCH3 is 1. The summed E-state index contributed by atoms with van der Waals surface area (Å²) in [5.41, 5.74) is 0.740. The summed E-state index contributed by atoms with van der Waals surface area (Å²) < 4.78 is 35.7. The van der Waals surface area contributed by atoms with Crippen LogP contribution in [0.5, 0.6) is 5.75 Å². The van der Waals surface area contributed by atoms with Crippen molar-refractivity contribution >= 4 is 27.6 Å². The van der Waals surface area contributed by atoms with Crippen LogP contribution in [0.15, 0.2) is 57.8 Å². The van der Waals surface area contributed by atoms with E-state index in [0.29, 0.717) is 24.3 Å². The Bertz CT molecular complexity index is 1070. The molecule has 2 aliphatic rings. The molecule has 2 aromatic rings. The Labute approximate surface area is 176 Å². The van der Waals surface area contributed by atoms with E-state index in [9.17, 15) is 13.2 Å². The zero-order chi connectivity index (χ0) is 21.4. The highest BCUT2D eigenvalue weighted by molar-refractivity contribution is 7.90. The predicted molar refractivity (Wildman–Crippen MR) is 116 cm³/mol. The van der Waals surface area contributed by atoms with Gasteiger partial charge in [-0.3, -0.25) is 0 Å². The van der Waals surface area contributed by atoms with Crippen molar-refractivity contribution in [3.8, 4) is 5.75 Å². The summed E-state index contributed by atoms with van der Waals surface area (Å²) in [6, 6.07) is 13.1. The molecule has 2 amide bonds. The van der Waals surface area contributed by atoms with Gasteiger partial charge in [-0.2, -0.15) is 8.42 Å². The molecular formula is C22H25N3O4S. The molecule has 1 aliphatic carbocycles. The minimum Gasteiger partial charge on any atom is -0.497 e. The van der Waals surface area contributed by atoms with E-state index < -0.39 is 15.6 Å². The lowest BCUT2D eigenvalue weighted by atomic mass is 9.81. The molecule has 1 saturated heterocycles. The van der Waals surface area contributed by atoms with Crippen LogP contribution < -0.4 is 15.0 Å². The summed E-state index contributed by atoms with van der Waals surface area (Å²) >= 11 is 0. The van der Waals surface area contributed by atoms with Gasteiger partial charge in [-0.05, 0) is 56.2 Å². The van der Waals surface area contributed by atoms with E-state index in [1.54, 1.807) is 55.6 Å². The molecule has 0 radical (unpaired) electrons. The molecule has 0 atom stereocenters. The molecule has 2 aromatic carbocycles. The van der Waals surface area contributed by atoms with Crippen molar-refractivity contribution in [2.45, 2.75) is 49.5 Å². The molecule has 1 aliphatic heterocycles. The maximum atomic E-state index is 13.1. The van der Waals surface area contributed by atoms with E-state index in [-0.39, 0.29) is 16.8 Å². The fourth-order valence-electron chi connectivity index (χ4n) is 4.11. The van der Waals surface area contributed by atoms with Crippen LogP contribution in [0.3, 0.4) is 0 Å². The molecule has 0 unspecified atom stereocenters. The average Bonchev–Trinajstić information content (AvgIpc) is 2.99. The molecule has 0 bridgehead atoms. The smallest absolute Gasteiger partial charge is 0.328 e. The predicted octanol–water partition coefficient (Wildman–Crippen LogP) is 4.02. The summed E-state index contributed by atoms with van der Waals surface area (Å²) in [7, 11) is -2.42. The van der Waals surface area contributed by atoms with E-state index in [4.69, 9.17) is 4.74 Å². The van der Waals surface area contributed by atoms with Gasteiger partial charge in [0.15, 0.2) is 5.84 Å². The first-order valence-corrected chi connectivity index (χ1v) is 11.5. The van der Waals surface area contributed by atoms with E-state index in [1.165, 1.54) is 4.90 Å². The number of nitrogens with zero attached hydrogens (tertiary/aromatic N) is 2. The number of benzene rings is 2. The van der Waals surface area contributed by atoms with Crippen molar-refractivity contribution in [1.29, 1.82) is 0 Å². The van der Waals surface area contributed by atoms with Gasteiger partial charge >= 0.3 is 6.03 Å². The molecule has 1 saturated carbocycles. The molecular weight excluding hydrogens is 402 g/mol. The molecule has 2 fully saturated rings. The van der Waals surface area contributed by atoms with Crippen LogP contribution in [0.1, 0.15) is 37.7 Å². The first kappa shape index (κ1) is 20.4. The molecule has 8 heteroatoms. The van der Waals surface area contributed by atoms with Crippen molar-refractivity contribution < 1.29 is 17.9 Å². The third-order valence-electron chi connectivity index (χ3n) is 5.75. The van der Waals surface area contributed by atoms with Crippen molar-refractivity contribution in [3.63, 3.8) is 0 Å². The highest BCUT2D eigenvalue weighted by Gasteiger charge is 2.50. The third-order valence-corrected chi connectivity index (χ3v) is 7.03. The van der Waals surface area contributed by atoms with Gasteiger partial charge in [0.25, 0.3) is 10.0 Å². The number of anilines is 1. The fourth-order valence-corrected chi connectivity index (χ4v) is 5.18. The monoisotopic (exact) mass is 427 g/mol. The van der Waals surface area contributed by atoms with E-state index >= 15 is 0 Å². The second-order valence-electron chi connectivity index (χ2n) is 7.81. The number of hydrogen-bond acceptors (Lipinski definition) is 4. The highest BCUT2D eigenvalue weighted by Crippen LogP contribution is 2.37. The van der Waals surface area contributed by atoms with Gasteiger partial charge in [-0.1, -0.05) is 37.0 Å². The van der Waals surface area contributed by atoms with Crippen LogP contribution in [0.2, 0.25) is 0 Å². The summed E-state index contributed by atoms with van der Waals surface area (Å²) in [5, 5.41) is 3.04. The zero-order valence-corrected chi connectivity index (χ0v) is 17.9. The van der Waals surface area contributed by atoms with E-state index in [1.807, 2.05) is 6.92 Å². The van der Waals surface area contributed by atoms with Crippen molar-refractivity contribution in [2.24, 2.45) is 4.40 Å². The van der Waals surface area contributed by atoms with Crippen molar-refractivity contribution in [3.05, 3.63) is 54.1 Å². The van der Waals surface area contributed by atoms with Crippen LogP contribution in [0.4, 0.5) is 10.5 Å². The number of amidine groups is 1. The Kier molecular flexibility index (Phi) is 5.27. The maximum Gasteiger partial charge on any atom is 0.328 e. The molecule has 158 valence electrons. The molecule has 0 aromatic heterocycles. The van der Waals surface area contributed by atoms with Gasteiger partial charge < -0.3 is 10.1 Å². The highest BCUT2D eigenvalue weighted by atomic mass is 32.2. The third kappa shape index (κ3) is 3.67. The number of nitrogens with one attached hydrogen (secondary N) is 1. The molecule has 1 spiro atoms. The Morgan fingerprint density at radius 1 is 1.00 bits per heavy atom. The number of hydrogen-bond donors (Lipinski definition) is 1. The number of carbonyl (C=O) groups is 1. The zero-order valence-electron chi connectivity index (χ0n) is 17.1. The molecule has 30 heavy (non-hydrogen) atoms. The van der Waals surface area contributed by atoms with Crippen LogP contribution in [0.25, 0.3) is 0 Å². The quantitative estimate of drug-likeness (QED) is 0.798. The van der Waals surface area contributed by atoms with Gasteiger partial charge in [-0.15, -0.1) is 4.40 Å². The van der Waals surface area contributed by atoms with Gasteiger partial charge in [0.2, 0.25) is 0 Å². The molecule has 7 nitrogen and oxygen atoms in total. The van der Waals surface area contributed by atoms with Gasteiger partial charge in [0, 0.05) is 0 Å². The Hall–Kier alpha value is -2.87. The van der Waals surface area contributed by atoms with Crippen LogP contribution in [0, 0.1) is 6.92 Å². The lowest BCUT2D eigenvalue weighted by Gasteiger charge is -2.33. The van der Waals surface area contributed by atoms with Crippen LogP contribution >= 0.6 is 0 Å². The van der Waals surface area contributed by atoms with Gasteiger partial charge in [0.1, 0.15) is 11.3 Å². The lowest BCUT2D eigenvalue weighted by molar-refractivity contribution is 0.241. The summed E-state index contributed by atoms with van der Waals surface area (Å²) in [6.45, 7) is 1.89. The lowest BCUT2D eigenvalue weighted by Crippen LogP contribution is -2.48. The minimum atomic E-state index is -3.98. The number of carbonyl (C=O) groups excluding carboxylic acids is 1. The summed E-state index contributed by atoms with van der Waals surface area (Å²) in [5.74, 6) is 0.898. The second kappa shape index (κ2) is 7.75. The van der Waals surface area contributed by atoms with Crippen molar-refractivity contribution in [1.82, 2.24) is 5.32 Å². The number of sulfonamides is 1. The number of amides is 2. The van der Waals surface area contributed by atoms with E-state index in [0.717, 1.165) is 24.8 Å². The topological polar surface area (TPSA) is 88.1 Å². The number of aryl methyl sites for hydroxylation is 1. The average molecular weight is 428 g/mol. The Morgan fingerprint density at radius 2 is 1.63 bits per heavy atom.